The van der Waals surface area contributed by atoms with Gasteiger partial charge in [0.2, 0.25) is 0 Å². The number of hydrogen-bond donors (Lipinski definition) is 0. The fraction of sp³-hybridized carbons (Fsp3) is 0.171. The molecule has 2 aliphatic heterocycles. The zero-order chi connectivity index (χ0) is 29.2. The number of Topliss-reactive ketones (excluding diaryl/α,β-unsaturated/α-hetero) is 3. The number of halogens is 1. The van der Waals surface area contributed by atoms with E-state index in [0.29, 0.717) is 33.8 Å². The van der Waals surface area contributed by atoms with Crippen molar-refractivity contribution in [1.82, 2.24) is 0 Å². The van der Waals surface area contributed by atoms with Gasteiger partial charge in [0.1, 0.15) is 23.0 Å². The van der Waals surface area contributed by atoms with Gasteiger partial charge >= 0.3 is 0 Å². The zero-order valence-corrected chi connectivity index (χ0v) is 24.5. The predicted octanol–water partition coefficient (Wildman–Crippen LogP) is 6.78. The van der Waals surface area contributed by atoms with Crippen LogP contribution >= 0.6 is 15.9 Å². The molecular weight excluding hydrogens is 594 g/mol. The Morgan fingerprint density at radius 2 is 1.52 bits per heavy atom. The SMILES string of the molecule is COc1ccc([C@H]2[C@H](C(=O)c3ccccc3)N3c4ccc(Br)cc4C=C[C@@H]3C23C(=O)c2ccccc2C3=O)c(OC)c1. The summed E-state index contributed by atoms with van der Waals surface area (Å²) in [6, 6.07) is 25.6. The second kappa shape index (κ2) is 9.81. The van der Waals surface area contributed by atoms with Crippen molar-refractivity contribution in [2.45, 2.75) is 18.0 Å². The molecular formula is C35H26BrNO5. The van der Waals surface area contributed by atoms with Gasteiger partial charge in [-0.1, -0.05) is 88.7 Å². The lowest BCUT2D eigenvalue weighted by molar-refractivity contribution is 0.0665. The lowest BCUT2D eigenvalue weighted by Gasteiger charge is -2.37. The summed E-state index contributed by atoms with van der Waals surface area (Å²) < 4.78 is 12.2. The number of methoxy groups -OCH3 is 2. The van der Waals surface area contributed by atoms with Gasteiger partial charge in [-0.15, -0.1) is 0 Å². The summed E-state index contributed by atoms with van der Waals surface area (Å²) in [4.78, 5) is 46.3. The number of ketones is 3. The van der Waals surface area contributed by atoms with Gasteiger partial charge in [0.05, 0.1) is 20.3 Å². The Morgan fingerprint density at radius 1 is 0.833 bits per heavy atom. The summed E-state index contributed by atoms with van der Waals surface area (Å²) in [6.07, 6.45) is 3.86. The number of hydrogen-bond acceptors (Lipinski definition) is 6. The van der Waals surface area contributed by atoms with Crippen LogP contribution in [0.2, 0.25) is 0 Å². The maximum absolute atomic E-state index is 14.8. The molecule has 0 saturated carbocycles. The molecule has 208 valence electrons. The highest BCUT2D eigenvalue weighted by Gasteiger charge is 2.72. The van der Waals surface area contributed by atoms with E-state index in [1.807, 2.05) is 59.5 Å². The number of fused-ring (bicyclic) bond motifs is 5. The van der Waals surface area contributed by atoms with E-state index in [1.54, 1.807) is 62.8 Å². The number of benzene rings is 4. The quantitative estimate of drug-likeness (QED) is 0.181. The third-order valence-electron chi connectivity index (χ3n) is 8.87. The number of carbonyl (C=O) groups excluding carboxylic acids is 3. The Labute approximate surface area is 251 Å². The van der Waals surface area contributed by atoms with Crippen LogP contribution in [-0.2, 0) is 0 Å². The minimum absolute atomic E-state index is 0.180. The molecule has 0 bridgehead atoms. The molecule has 3 aliphatic rings. The van der Waals surface area contributed by atoms with Crippen molar-refractivity contribution < 1.29 is 23.9 Å². The zero-order valence-electron chi connectivity index (χ0n) is 22.9. The molecule has 0 unspecified atom stereocenters. The third-order valence-corrected chi connectivity index (χ3v) is 9.36. The number of anilines is 1. The fourth-order valence-corrected chi connectivity index (χ4v) is 7.52. The van der Waals surface area contributed by atoms with Crippen molar-refractivity contribution in [1.29, 1.82) is 0 Å². The lowest BCUT2D eigenvalue weighted by Crippen LogP contribution is -2.48. The van der Waals surface area contributed by atoms with Crippen LogP contribution in [0.4, 0.5) is 5.69 Å². The maximum atomic E-state index is 14.8. The van der Waals surface area contributed by atoms with E-state index >= 15 is 0 Å². The Balaban J connectivity index is 1.57. The number of ether oxygens (including phenoxy) is 2. The van der Waals surface area contributed by atoms with Crippen molar-refractivity contribution in [2.24, 2.45) is 5.41 Å². The second-order valence-corrected chi connectivity index (χ2v) is 11.7. The first kappa shape index (κ1) is 26.4. The molecule has 1 saturated heterocycles. The predicted molar refractivity (Wildman–Crippen MR) is 164 cm³/mol. The average molecular weight is 620 g/mol. The summed E-state index contributed by atoms with van der Waals surface area (Å²) in [5.41, 5.74) is 1.92. The van der Waals surface area contributed by atoms with Crippen molar-refractivity contribution in [3.8, 4) is 11.5 Å². The maximum Gasteiger partial charge on any atom is 0.185 e. The first-order chi connectivity index (χ1) is 20.4. The van der Waals surface area contributed by atoms with Crippen molar-refractivity contribution in [3.05, 3.63) is 129 Å². The molecule has 1 spiro atoms. The largest absolute Gasteiger partial charge is 0.497 e. The average Bonchev–Trinajstić information content (AvgIpc) is 3.46. The topological polar surface area (TPSA) is 72.9 Å². The summed E-state index contributed by atoms with van der Waals surface area (Å²) in [7, 11) is 3.11. The molecule has 1 aliphatic carbocycles. The van der Waals surface area contributed by atoms with Gasteiger partial charge in [-0.05, 0) is 29.8 Å². The molecule has 4 aromatic rings. The molecule has 0 amide bonds. The van der Waals surface area contributed by atoms with Crippen molar-refractivity contribution >= 4 is 45.0 Å². The van der Waals surface area contributed by atoms with Gasteiger partial charge in [0.15, 0.2) is 17.3 Å². The van der Waals surface area contributed by atoms with E-state index in [2.05, 4.69) is 15.9 Å². The fourth-order valence-electron chi connectivity index (χ4n) is 7.14. The Morgan fingerprint density at radius 3 is 2.19 bits per heavy atom. The third kappa shape index (κ3) is 3.53. The van der Waals surface area contributed by atoms with Crippen LogP contribution in [0.15, 0.2) is 102 Å². The standard InChI is InChI=1S/C35H26BrNO5/c1-41-23-14-15-26(28(19-23)42-2)30-31(32(38)20-8-4-3-5-9-20)37-27-16-13-22(36)18-21(27)12-17-29(37)35(30)33(39)24-10-6-7-11-25(24)34(35)40/h3-19,29-31H,1-2H3/t29-,30+,31-/m1/s1. The summed E-state index contributed by atoms with van der Waals surface area (Å²) in [6.45, 7) is 0. The molecule has 2 heterocycles. The molecule has 7 heteroatoms. The molecule has 0 N–H and O–H groups in total. The van der Waals surface area contributed by atoms with Gasteiger partial charge in [0, 0.05) is 44.4 Å². The number of rotatable bonds is 5. The summed E-state index contributed by atoms with van der Waals surface area (Å²) in [5, 5.41) is 0. The van der Waals surface area contributed by atoms with Crippen LogP contribution in [0.3, 0.4) is 0 Å². The van der Waals surface area contributed by atoms with Gasteiger partial charge in [0.25, 0.3) is 0 Å². The molecule has 4 aromatic carbocycles. The highest BCUT2D eigenvalue weighted by Crippen LogP contribution is 2.62. The van der Waals surface area contributed by atoms with E-state index in [1.165, 1.54) is 0 Å². The first-order valence-electron chi connectivity index (χ1n) is 13.7. The Kier molecular flexibility index (Phi) is 6.17. The molecule has 7 rings (SSSR count). The van der Waals surface area contributed by atoms with E-state index in [-0.39, 0.29) is 17.3 Å². The van der Waals surface area contributed by atoms with Crippen LogP contribution in [-0.4, -0.2) is 43.7 Å². The van der Waals surface area contributed by atoms with E-state index in [4.69, 9.17) is 9.47 Å². The highest BCUT2D eigenvalue weighted by molar-refractivity contribution is 9.10. The summed E-state index contributed by atoms with van der Waals surface area (Å²) in [5.74, 6) is -0.609. The normalized spacial score (nSPS) is 21.2. The lowest BCUT2D eigenvalue weighted by atomic mass is 9.64. The van der Waals surface area contributed by atoms with Gasteiger partial charge in [-0.25, -0.2) is 0 Å². The monoisotopic (exact) mass is 619 g/mol. The van der Waals surface area contributed by atoms with Crippen LogP contribution in [0.1, 0.15) is 48.1 Å². The Hall–Kier alpha value is -4.49. The second-order valence-electron chi connectivity index (χ2n) is 10.7. The van der Waals surface area contributed by atoms with Crippen LogP contribution < -0.4 is 14.4 Å². The van der Waals surface area contributed by atoms with Gasteiger partial charge in [-0.2, -0.15) is 0 Å². The molecule has 6 nitrogen and oxygen atoms in total. The number of carbonyl (C=O) groups is 3. The highest BCUT2D eigenvalue weighted by atomic mass is 79.9. The first-order valence-corrected chi connectivity index (χ1v) is 14.5. The van der Waals surface area contributed by atoms with Gasteiger partial charge < -0.3 is 14.4 Å². The molecule has 1 fully saturated rings. The van der Waals surface area contributed by atoms with E-state index < -0.39 is 23.4 Å². The number of nitrogens with zero attached hydrogens (tertiary/aromatic N) is 1. The van der Waals surface area contributed by atoms with E-state index in [9.17, 15) is 14.4 Å². The van der Waals surface area contributed by atoms with Crippen molar-refractivity contribution in [2.75, 3.05) is 19.1 Å². The van der Waals surface area contributed by atoms with Crippen LogP contribution in [0.5, 0.6) is 11.5 Å². The minimum Gasteiger partial charge on any atom is -0.497 e. The molecule has 3 atom stereocenters. The minimum atomic E-state index is -1.61. The Bertz CT molecular complexity index is 1780. The molecule has 0 aromatic heterocycles. The van der Waals surface area contributed by atoms with Crippen LogP contribution in [0, 0.1) is 5.41 Å². The summed E-state index contributed by atoms with van der Waals surface area (Å²) >= 11 is 3.57. The van der Waals surface area contributed by atoms with Gasteiger partial charge in [-0.3, -0.25) is 14.4 Å². The van der Waals surface area contributed by atoms with Crippen molar-refractivity contribution in [3.63, 3.8) is 0 Å². The van der Waals surface area contributed by atoms with E-state index in [0.717, 1.165) is 15.7 Å². The molecule has 0 radical (unpaired) electrons. The van der Waals surface area contributed by atoms with Crippen LogP contribution in [0.25, 0.3) is 6.08 Å². The smallest absolute Gasteiger partial charge is 0.185 e. The molecule has 42 heavy (non-hydrogen) atoms.